The number of hydrogen-bond acceptors (Lipinski definition) is 3. The van der Waals surface area contributed by atoms with Crippen molar-refractivity contribution in [3.63, 3.8) is 0 Å². The van der Waals surface area contributed by atoms with Gasteiger partial charge in [-0.1, -0.05) is 63.0 Å². The fraction of sp³-hybridized carbons (Fsp3) is 0.417. The Morgan fingerprint density at radius 3 is 2.52 bits per heavy atom. The summed E-state index contributed by atoms with van der Waals surface area (Å²) in [5, 5.41) is 9.02. The summed E-state index contributed by atoms with van der Waals surface area (Å²) in [4.78, 5) is 2.00. The maximum atomic E-state index is 4.51. The maximum Gasteiger partial charge on any atom is 0.0932 e. The predicted molar refractivity (Wildman–Crippen MR) is 114 cm³/mol. The van der Waals surface area contributed by atoms with Gasteiger partial charge in [0, 0.05) is 25.4 Å². The Balaban J connectivity index is 1.69. The number of benzene rings is 1. The van der Waals surface area contributed by atoms with Crippen LogP contribution in [0.4, 0.5) is 0 Å². The largest absolute Gasteiger partial charge is 0.378 e. The lowest BCUT2D eigenvalue weighted by molar-refractivity contribution is 0.353. The quantitative estimate of drug-likeness (QED) is 0.621. The highest BCUT2D eigenvalue weighted by molar-refractivity contribution is 5.66. The van der Waals surface area contributed by atoms with Gasteiger partial charge in [0.2, 0.25) is 0 Å². The van der Waals surface area contributed by atoms with E-state index < -0.39 is 0 Å². The second-order valence-electron chi connectivity index (χ2n) is 7.91. The summed E-state index contributed by atoms with van der Waals surface area (Å²) in [7, 11) is 4.00. The highest BCUT2D eigenvalue weighted by Crippen LogP contribution is 2.27. The number of rotatable bonds is 6. The number of aryl methyl sites for hydroxylation is 1. The van der Waals surface area contributed by atoms with Crippen molar-refractivity contribution in [1.29, 1.82) is 0 Å². The summed E-state index contributed by atoms with van der Waals surface area (Å²) in [5.41, 5.74) is 6.59. The van der Waals surface area contributed by atoms with Crippen molar-refractivity contribution in [3.05, 3.63) is 65.5 Å². The molecule has 0 bridgehead atoms. The van der Waals surface area contributed by atoms with Gasteiger partial charge >= 0.3 is 0 Å². The van der Waals surface area contributed by atoms with Gasteiger partial charge in [-0.05, 0) is 48.6 Å². The first-order valence-electron chi connectivity index (χ1n) is 10.0. The first kappa shape index (κ1) is 19.3. The molecule has 0 radical (unpaired) electrons. The molecule has 27 heavy (non-hydrogen) atoms. The number of hydrogen-bond donors (Lipinski definition) is 0. The lowest BCUT2D eigenvalue weighted by Gasteiger charge is -2.20. The monoisotopic (exact) mass is 361 g/mol. The van der Waals surface area contributed by atoms with Crippen LogP contribution in [0.25, 0.3) is 17.3 Å². The lowest BCUT2D eigenvalue weighted by atomic mass is 9.86. The molecule has 3 rings (SSSR count). The van der Waals surface area contributed by atoms with Gasteiger partial charge in [-0.15, -0.1) is 0 Å². The van der Waals surface area contributed by atoms with Crippen LogP contribution in [-0.4, -0.2) is 29.2 Å². The van der Waals surface area contributed by atoms with Gasteiger partial charge in [0.05, 0.1) is 11.4 Å². The molecule has 1 fully saturated rings. The van der Waals surface area contributed by atoms with E-state index in [0.29, 0.717) is 0 Å². The molecule has 0 spiro atoms. The third kappa shape index (κ3) is 5.29. The molecular weight excluding hydrogens is 330 g/mol. The van der Waals surface area contributed by atoms with Gasteiger partial charge in [0.25, 0.3) is 0 Å². The predicted octanol–water partition coefficient (Wildman–Crippen LogP) is 5.66. The third-order valence-electron chi connectivity index (χ3n) is 5.51. The van der Waals surface area contributed by atoms with E-state index in [0.717, 1.165) is 35.0 Å². The Morgan fingerprint density at radius 2 is 1.89 bits per heavy atom. The summed E-state index contributed by atoms with van der Waals surface area (Å²) >= 11 is 0. The summed E-state index contributed by atoms with van der Waals surface area (Å²) in [6, 6.07) is 10.7. The van der Waals surface area contributed by atoms with Crippen LogP contribution in [0, 0.1) is 12.8 Å². The summed E-state index contributed by atoms with van der Waals surface area (Å²) in [6.45, 7) is 6.16. The van der Waals surface area contributed by atoms with Gasteiger partial charge in [0.15, 0.2) is 0 Å². The lowest BCUT2D eigenvalue weighted by Crippen LogP contribution is -2.10. The number of aromatic nitrogens is 2. The highest BCUT2D eigenvalue weighted by atomic mass is 15.1. The zero-order chi connectivity index (χ0) is 19.2. The van der Waals surface area contributed by atoms with E-state index >= 15 is 0 Å². The molecule has 1 heterocycles. The molecule has 0 unspecified atom stereocenters. The van der Waals surface area contributed by atoms with E-state index in [2.05, 4.69) is 60.1 Å². The zero-order valence-corrected chi connectivity index (χ0v) is 16.9. The molecule has 1 aromatic carbocycles. The third-order valence-corrected chi connectivity index (χ3v) is 5.51. The number of likely N-dealkylation sites (N-methyl/N-ethyl adjacent to an activating group) is 1. The standard InChI is InChI=1S/C24H31N3/c1-18-16-21(11-10-19(2)27(3)4)12-14-23(18)24-15-13-22(25-26-24)17-20-8-6-5-7-9-20/h10-16,20H,2,5-9,17H2,1,3-4H3/b11-10+. The molecule has 2 aromatic rings. The maximum absolute atomic E-state index is 4.51. The second-order valence-corrected chi connectivity index (χ2v) is 7.91. The zero-order valence-electron chi connectivity index (χ0n) is 16.9. The van der Waals surface area contributed by atoms with E-state index in [1.807, 2.05) is 25.1 Å². The van der Waals surface area contributed by atoms with E-state index in [9.17, 15) is 0 Å². The molecule has 142 valence electrons. The highest BCUT2D eigenvalue weighted by Gasteiger charge is 2.15. The van der Waals surface area contributed by atoms with Crippen LogP contribution in [-0.2, 0) is 6.42 Å². The van der Waals surface area contributed by atoms with Crippen LogP contribution in [0.3, 0.4) is 0 Å². The molecule has 1 aromatic heterocycles. The summed E-state index contributed by atoms with van der Waals surface area (Å²) in [6.07, 6.45) is 12.0. The van der Waals surface area contributed by atoms with Crippen molar-refractivity contribution in [2.24, 2.45) is 5.92 Å². The van der Waals surface area contributed by atoms with Crippen LogP contribution in [0.2, 0.25) is 0 Å². The average molecular weight is 362 g/mol. The molecule has 0 amide bonds. The fourth-order valence-electron chi connectivity index (χ4n) is 3.72. The van der Waals surface area contributed by atoms with Crippen LogP contribution in [0.1, 0.15) is 48.9 Å². The molecule has 0 saturated heterocycles. The van der Waals surface area contributed by atoms with E-state index in [1.165, 1.54) is 43.2 Å². The van der Waals surface area contributed by atoms with Gasteiger partial charge in [-0.3, -0.25) is 0 Å². The number of allylic oxidation sites excluding steroid dienone is 1. The molecule has 1 aliphatic rings. The van der Waals surface area contributed by atoms with Crippen molar-refractivity contribution < 1.29 is 0 Å². The van der Waals surface area contributed by atoms with Crippen LogP contribution in [0.5, 0.6) is 0 Å². The summed E-state index contributed by atoms with van der Waals surface area (Å²) < 4.78 is 0. The first-order valence-corrected chi connectivity index (χ1v) is 10.0. The Kier molecular flexibility index (Phi) is 6.44. The second kappa shape index (κ2) is 8.98. The van der Waals surface area contributed by atoms with E-state index in [4.69, 9.17) is 0 Å². The van der Waals surface area contributed by atoms with Crippen molar-refractivity contribution >= 4 is 6.08 Å². The minimum absolute atomic E-state index is 0.795. The topological polar surface area (TPSA) is 29.0 Å². The van der Waals surface area contributed by atoms with Crippen molar-refractivity contribution in [1.82, 2.24) is 15.1 Å². The van der Waals surface area contributed by atoms with Gasteiger partial charge in [-0.25, -0.2) is 0 Å². The normalized spacial score (nSPS) is 15.2. The minimum Gasteiger partial charge on any atom is -0.378 e. The molecular formula is C24H31N3. The molecule has 0 N–H and O–H groups in total. The molecule has 3 nitrogen and oxygen atoms in total. The van der Waals surface area contributed by atoms with Crippen molar-refractivity contribution in [3.8, 4) is 11.3 Å². The van der Waals surface area contributed by atoms with Crippen LogP contribution < -0.4 is 0 Å². The molecule has 0 atom stereocenters. The molecule has 1 aliphatic carbocycles. The Hall–Kier alpha value is -2.42. The van der Waals surface area contributed by atoms with Gasteiger partial charge in [0.1, 0.15) is 0 Å². The SMILES string of the molecule is C=C(/C=C/c1ccc(-c2ccc(CC3CCCCC3)nn2)c(C)c1)N(C)C. The average Bonchev–Trinajstić information content (AvgIpc) is 2.68. The van der Waals surface area contributed by atoms with Crippen LogP contribution >= 0.6 is 0 Å². The Bertz CT molecular complexity index is 797. The number of nitrogens with zero attached hydrogens (tertiary/aromatic N) is 3. The van der Waals surface area contributed by atoms with E-state index in [1.54, 1.807) is 0 Å². The smallest absolute Gasteiger partial charge is 0.0932 e. The Morgan fingerprint density at radius 1 is 1.11 bits per heavy atom. The molecule has 3 heteroatoms. The molecule has 0 aliphatic heterocycles. The molecule has 1 saturated carbocycles. The van der Waals surface area contributed by atoms with E-state index in [-0.39, 0.29) is 0 Å². The first-order chi connectivity index (χ1) is 13.0. The van der Waals surface area contributed by atoms with Crippen LogP contribution in [0.15, 0.2) is 48.7 Å². The van der Waals surface area contributed by atoms with Gasteiger partial charge < -0.3 is 4.90 Å². The summed E-state index contributed by atoms with van der Waals surface area (Å²) in [5.74, 6) is 0.795. The minimum atomic E-state index is 0.795. The fourth-order valence-corrected chi connectivity index (χ4v) is 3.72. The van der Waals surface area contributed by atoms with Crippen molar-refractivity contribution in [2.75, 3.05) is 14.1 Å². The van der Waals surface area contributed by atoms with Crippen molar-refractivity contribution in [2.45, 2.75) is 45.4 Å². The Labute approximate surface area is 163 Å². The van der Waals surface area contributed by atoms with Gasteiger partial charge in [-0.2, -0.15) is 10.2 Å².